The van der Waals surface area contributed by atoms with E-state index in [2.05, 4.69) is 48.0 Å². The molecule has 3 atom stereocenters. The Hall–Kier alpha value is -1.92. The highest BCUT2D eigenvalue weighted by molar-refractivity contribution is 5.81. The fraction of sp³-hybridized carbons (Fsp3) is 0.667. The van der Waals surface area contributed by atoms with Crippen molar-refractivity contribution in [2.75, 3.05) is 53.0 Å². The SMILES string of the molecule is CCOCC(=O)N1C[C@H]2CN(C(=O)C3CCN(C)CC3)[C@H](c3ccccc3C)[C@H]2C1. The van der Waals surface area contributed by atoms with Gasteiger partial charge in [-0.2, -0.15) is 0 Å². The number of benzene rings is 1. The molecule has 0 aromatic heterocycles. The van der Waals surface area contributed by atoms with E-state index >= 15 is 0 Å². The molecule has 3 heterocycles. The largest absolute Gasteiger partial charge is 0.372 e. The van der Waals surface area contributed by atoms with Crippen LogP contribution >= 0.6 is 0 Å². The number of nitrogens with zero attached hydrogens (tertiary/aromatic N) is 3. The van der Waals surface area contributed by atoms with E-state index in [4.69, 9.17) is 4.74 Å². The molecule has 4 rings (SSSR count). The van der Waals surface area contributed by atoms with Crippen molar-refractivity contribution >= 4 is 11.8 Å². The Balaban J connectivity index is 1.56. The number of likely N-dealkylation sites (tertiary alicyclic amines) is 3. The topological polar surface area (TPSA) is 53.1 Å². The first-order valence-electron chi connectivity index (χ1n) is 11.4. The number of amides is 2. The number of carbonyl (C=O) groups excluding carboxylic acids is 2. The van der Waals surface area contributed by atoms with Crippen LogP contribution in [-0.2, 0) is 14.3 Å². The van der Waals surface area contributed by atoms with Crippen molar-refractivity contribution < 1.29 is 14.3 Å². The summed E-state index contributed by atoms with van der Waals surface area (Å²) in [6.45, 7) is 8.94. The molecule has 3 aliphatic heterocycles. The van der Waals surface area contributed by atoms with Crippen LogP contribution in [0.2, 0.25) is 0 Å². The van der Waals surface area contributed by atoms with Crippen LogP contribution in [0.4, 0.5) is 0 Å². The molecule has 0 bridgehead atoms. The molecule has 6 nitrogen and oxygen atoms in total. The van der Waals surface area contributed by atoms with Crippen molar-refractivity contribution in [3.8, 4) is 0 Å². The van der Waals surface area contributed by atoms with Gasteiger partial charge in [0, 0.05) is 44.0 Å². The van der Waals surface area contributed by atoms with Gasteiger partial charge in [0.1, 0.15) is 6.61 Å². The minimum absolute atomic E-state index is 0.0632. The molecule has 0 aliphatic carbocycles. The summed E-state index contributed by atoms with van der Waals surface area (Å²) >= 11 is 0. The Bertz CT molecular complexity index is 775. The zero-order valence-electron chi connectivity index (χ0n) is 18.5. The fourth-order valence-corrected chi connectivity index (χ4v) is 5.56. The first-order valence-corrected chi connectivity index (χ1v) is 11.4. The third-order valence-electron chi connectivity index (χ3n) is 7.30. The van der Waals surface area contributed by atoms with Crippen LogP contribution in [0, 0.1) is 24.7 Å². The molecule has 0 unspecified atom stereocenters. The van der Waals surface area contributed by atoms with Crippen LogP contribution in [0.5, 0.6) is 0 Å². The van der Waals surface area contributed by atoms with Gasteiger partial charge in [-0.1, -0.05) is 24.3 Å². The summed E-state index contributed by atoms with van der Waals surface area (Å²) < 4.78 is 5.35. The van der Waals surface area contributed by atoms with Gasteiger partial charge >= 0.3 is 0 Å². The van der Waals surface area contributed by atoms with Crippen LogP contribution in [0.15, 0.2) is 24.3 Å². The summed E-state index contributed by atoms with van der Waals surface area (Å²) in [5, 5.41) is 0. The molecule has 164 valence electrons. The van der Waals surface area contributed by atoms with E-state index in [1.807, 2.05) is 11.8 Å². The monoisotopic (exact) mass is 413 g/mol. The predicted molar refractivity (Wildman–Crippen MR) is 116 cm³/mol. The third-order valence-corrected chi connectivity index (χ3v) is 7.30. The number of aryl methyl sites for hydroxylation is 1. The molecule has 2 amide bonds. The molecule has 3 saturated heterocycles. The van der Waals surface area contributed by atoms with Gasteiger partial charge in [-0.05, 0) is 58.0 Å². The molecule has 3 aliphatic rings. The Labute approximate surface area is 180 Å². The molecule has 1 aromatic rings. The van der Waals surface area contributed by atoms with E-state index in [1.165, 1.54) is 11.1 Å². The minimum Gasteiger partial charge on any atom is -0.372 e. The second kappa shape index (κ2) is 9.06. The van der Waals surface area contributed by atoms with E-state index < -0.39 is 0 Å². The van der Waals surface area contributed by atoms with Crippen LogP contribution in [0.3, 0.4) is 0 Å². The molecule has 30 heavy (non-hydrogen) atoms. The van der Waals surface area contributed by atoms with Crippen LogP contribution < -0.4 is 0 Å². The van der Waals surface area contributed by atoms with Crippen molar-refractivity contribution in [2.45, 2.75) is 32.7 Å². The standard InChI is InChI=1S/C24H35N3O3/c1-4-30-16-22(28)26-13-19-14-27(24(29)18-9-11-25(3)12-10-18)23(21(19)15-26)20-8-6-5-7-17(20)2/h5-8,18-19,21,23H,4,9-16H2,1-3H3/t19-,21-,23+/m0/s1. The van der Waals surface area contributed by atoms with Gasteiger partial charge in [-0.3, -0.25) is 9.59 Å². The van der Waals surface area contributed by atoms with Crippen LogP contribution in [-0.4, -0.2) is 79.5 Å². The fourth-order valence-electron chi connectivity index (χ4n) is 5.56. The molecule has 0 N–H and O–H groups in total. The number of carbonyl (C=O) groups is 2. The van der Waals surface area contributed by atoms with Gasteiger partial charge in [0.15, 0.2) is 0 Å². The van der Waals surface area contributed by atoms with Gasteiger partial charge in [-0.25, -0.2) is 0 Å². The Kier molecular flexibility index (Phi) is 6.44. The molecule has 3 fully saturated rings. The average molecular weight is 414 g/mol. The molecule has 1 aromatic carbocycles. The van der Waals surface area contributed by atoms with Gasteiger partial charge < -0.3 is 19.4 Å². The quantitative estimate of drug-likeness (QED) is 0.744. The zero-order chi connectivity index (χ0) is 21.3. The Morgan fingerprint density at radius 2 is 1.83 bits per heavy atom. The van der Waals surface area contributed by atoms with Gasteiger partial charge in [-0.15, -0.1) is 0 Å². The number of ether oxygens (including phenoxy) is 1. The summed E-state index contributed by atoms with van der Waals surface area (Å²) in [6, 6.07) is 8.49. The summed E-state index contributed by atoms with van der Waals surface area (Å²) in [6.07, 6.45) is 1.89. The van der Waals surface area contributed by atoms with Gasteiger partial charge in [0.05, 0.1) is 6.04 Å². The Morgan fingerprint density at radius 1 is 1.10 bits per heavy atom. The second-order valence-electron chi connectivity index (χ2n) is 9.23. The van der Waals surface area contributed by atoms with E-state index in [0.717, 1.165) is 39.0 Å². The van der Waals surface area contributed by atoms with Crippen LogP contribution in [0.1, 0.15) is 36.9 Å². The van der Waals surface area contributed by atoms with Crippen molar-refractivity contribution in [2.24, 2.45) is 17.8 Å². The Morgan fingerprint density at radius 3 is 2.53 bits per heavy atom. The maximum Gasteiger partial charge on any atom is 0.248 e. The molecule has 0 spiro atoms. The van der Waals surface area contributed by atoms with E-state index in [0.29, 0.717) is 30.9 Å². The van der Waals surface area contributed by atoms with Gasteiger partial charge in [0.25, 0.3) is 0 Å². The number of fused-ring (bicyclic) bond motifs is 1. The lowest BCUT2D eigenvalue weighted by molar-refractivity contribution is -0.139. The highest BCUT2D eigenvalue weighted by Crippen LogP contribution is 2.46. The number of piperidine rings is 1. The summed E-state index contributed by atoms with van der Waals surface area (Å²) in [7, 11) is 2.13. The summed E-state index contributed by atoms with van der Waals surface area (Å²) in [4.78, 5) is 32.6. The van der Waals surface area contributed by atoms with Crippen molar-refractivity contribution in [1.29, 1.82) is 0 Å². The van der Waals surface area contributed by atoms with E-state index in [9.17, 15) is 9.59 Å². The predicted octanol–water partition coefficient (Wildman–Crippen LogP) is 2.33. The highest BCUT2D eigenvalue weighted by atomic mass is 16.5. The zero-order valence-corrected chi connectivity index (χ0v) is 18.5. The van der Waals surface area contributed by atoms with Crippen LogP contribution in [0.25, 0.3) is 0 Å². The average Bonchev–Trinajstić information content (AvgIpc) is 3.31. The highest BCUT2D eigenvalue weighted by Gasteiger charge is 2.51. The molecular weight excluding hydrogens is 378 g/mol. The number of hydrogen-bond donors (Lipinski definition) is 0. The lowest BCUT2D eigenvalue weighted by Gasteiger charge is -2.36. The first-order chi connectivity index (χ1) is 14.5. The lowest BCUT2D eigenvalue weighted by atomic mass is 9.87. The first kappa shape index (κ1) is 21.3. The number of hydrogen-bond acceptors (Lipinski definition) is 4. The van der Waals surface area contributed by atoms with E-state index in [1.54, 1.807) is 0 Å². The summed E-state index contributed by atoms with van der Waals surface area (Å²) in [5.41, 5.74) is 2.47. The minimum atomic E-state index is 0.0632. The van der Waals surface area contributed by atoms with Crippen molar-refractivity contribution in [3.05, 3.63) is 35.4 Å². The third kappa shape index (κ3) is 4.12. The maximum absolute atomic E-state index is 13.6. The molecule has 6 heteroatoms. The lowest BCUT2D eigenvalue weighted by Crippen LogP contribution is -2.43. The normalized spacial score (nSPS) is 27.5. The van der Waals surface area contributed by atoms with E-state index in [-0.39, 0.29) is 24.5 Å². The smallest absolute Gasteiger partial charge is 0.248 e. The molecule has 0 saturated carbocycles. The second-order valence-corrected chi connectivity index (χ2v) is 9.23. The number of rotatable bonds is 5. The maximum atomic E-state index is 13.6. The van der Waals surface area contributed by atoms with Gasteiger partial charge in [0.2, 0.25) is 11.8 Å². The van der Waals surface area contributed by atoms with Crippen molar-refractivity contribution in [3.63, 3.8) is 0 Å². The van der Waals surface area contributed by atoms with Crippen molar-refractivity contribution in [1.82, 2.24) is 14.7 Å². The molecular formula is C24H35N3O3. The molecule has 0 radical (unpaired) electrons. The summed E-state index contributed by atoms with van der Waals surface area (Å²) in [5.74, 6) is 1.16.